The summed E-state index contributed by atoms with van der Waals surface area (Å²) in [5.41, 5.74) is 13.9. The van der Waals surface area contributed by atoms with E-state index in [9.17, 15) is 0 Å². The zero-order valence-electron chi connectivity index (χ0n) is 34.8. The Morgan fingerprint density at radius 2 is 0.643 bits per heavy atom. The Kier molecular flexibility index (Phi) is 13.1. The maximum Gasteiger partial charge on any atom is 0.0224 e. The topological polar surface area (TPSA) is 24.1 Å². The molecule has 1 fully saturated rings. The van der Waals surface area contributed by atoms with Gasteiger partial charge in [0, 0.05) is 25.2 Å². The van der Waals surface area contributed by atoms with E-state index in [-0.39, 0.29) is 0 Å². The third-order valence-corrected chi connectivity index (χ3v) is 18.4. The highest BCUT2D eigenvalue weighted by atomic mass is 31.1. The van der Waals surface area contributed by atoms with Crippen molar-refractivity contribution in [3.63, 3.8) is 0 Å². The van der Waals surface area contributed by atoms with Crippen molar-refractivity contribution in [1.82, 2.24) is 10.6 Å². The number of hydrogen-bond donors (Lipinski definition) is 2. The monoisotopic (exact) mass is 774 g/mol. The van der Waals surface area contributed by atoms with E-state index >= 15 is 0 Å². The van der Waals surface area contributed by atoms with Crippen molar-refractivity contribution in [3.8, 4) is 0 Å². The Morgan fingerprint density at radius 3 is 0.929 bits per heavy atom. The van der Waals surface area contributed by atoms with Crippen molar-refractivity contribution < 1.29 is 0 Å². The lowest BCUT2D eigenvalue weighted by Crippen LogP contribution is -2.50. The second-order valence-electron chi connectivity index (χ2n) is 16.1. The predicted molar refractivity (Wildman–Crippen MR) is 248 cm³/mol. The summed E-state index contributed by atoms with van der Waals surface area (Å²) in [5, 5.41) is 17.3. The molecule has 0 unspecified atom stereocenters. The van der Waals surface area contributed by atoms with Crippen molar-refractivity contribution in [1.29, 1.82) is 0 Å². The molecule has 0 bridgehead atoms. The Bertz CT molecular complexity index is 1960. The molecule has 2 N–H and O–H groups in total. The minimum atomic E-state index is -0.739. The number of hydrogen-bond acceptors (Lipinski definition) is 2. The van der Waals surface area contributed by atoms with E-state index in [4.69, 9.17) is 0 Å². The first-order chi connectivity index (χ1) is 27.1. The molecule has 56 heavy (non-hydrogen) atoms. The van der Waals surface area contributed by atoms with Crippen LogP contribution in [0.3, 0.4) is 0 Å². The molecule has 0 aromatic heterocycles. The number of rotatable bonds is 12. The second-order valence-corrected chi connectivity index (χ2v) is 20.2. The molecule has 6 aromatic rings. The summed E-state index contributed by atoms with van der Waals surface area (Å²) in [7, 11) is -1.48. The highest BCUT2D eigenvalue weighted by Gasteiger charge is 2.29. The predicted octanol–water partition coefficient (Wildman–Crippen LogP) is 9.86. The van der Waals surface area contributed by atoms with Gasteiger partial charge in [0.25, 0.3) is 0 Å². The maximum atomic E-state index is 4.15. The summed E-state index contributed by atoms with van der Waals surface area (Å²) in [5.74, 6) is 0. The fourth-order valence-corrected chi connectivity index (χ4v) is 15.4. The average Bonchev–Trinajstić information content (AvgIpc) is 3.18. The van der Waals surface area contributed by atoms with E-state index in [1.165, 1.54) is 113 Å². The van der Waals surface area contributed by atoms with Crippen LogP contribution in [0.25, 0.3) is 0 Å². The third-order valence-electron chi connectivity index (χ3n) is 12.0. The van der Waals surface area contributed by atoms with Crippen LogP contribution in [0.15, 0.2) is 121 Å². The van der Waals surface area contributed by atoms with Crippen LogP contribution >= 0.6 is 15.8 Å². The quantitative estimate of drug-likeness (QED) is 0.121. The van der Waals surface area contributed by atoms with Crippen LogP contribution in [0.4, 0.5) is 0 Å². The van der Waals surface area contributed by atoms with Gasteiger partial charge in [0.15, 0.2) is 0 Å². The average molecular weight is 775 g/mol. The summed E-state index contributed by atoms with van der Waals surface area (Å²) in [4.78, 5) is 0. The molecule has 4 heteroatoms. The molecule has 288 valence electrons. The first-order valence-corrected chi connectivity index (χ1v) is 23.3. The van der Waals surface area contributed by atoms with Crippen LogP contribution < -0.4 is 42.5 Å². The van der Waals surface area contributed by atoms with Gasteiger partial charge in [0.05, 0.1) is 0 Å². The standard InChI is InChI=1S/C52H60N2P2/c1-35-19-15-20-36(2)49(35)55(50-37(3)21-16-22-38(50)4)47-31-13-9-27-43(47)33-53-45-29-11-12-30-46(45)54-34-44-28-10-14-32-48(44)56(51-39(5)23-17-24-40(51)6)52-41(7)25-18-26-42(52)8/h9-10,13-28,31-32,45-46,53-54H,11-12,29-30,33-34H2,1-8H3/t45-,46-/m0/s1. The van der Waals surface area contributed by atoms with Gasteiger partial charge in [-0.25, -0.2) is 0 Å². The van der Waals surface area contributed by atoms with Crippen molar-refractivity contribution >= 4 is 47.7 Å². The Labute approximate surface area is 340 Å². The van der Waals surface area contributed by atoms with Gasteiger partial charge in [-0.05, 0) is 172 Å². The van der Waals surface area contributed by atoms with Crippen molar-refractivity contribution in [2.75, 3.05) is 0 Å². The molecule has 1 saturated carbocycles. The van der Waals surface area contributed by atoms with Gasteiger partial charge >= 0.3 is 0 Å². The normalized spacial score (nSPS) is 15.8. The number of aryl methyl sites for hydroxylation is 8. The van der Waals surface area contributed by atoms with Gasteiger partial charge in [0.2, 0.25) is 0 Å². The summed E-state index contributed by atoms with van der Waals surface area (Å²) in [6.07, 6.45) is 4.94. The Balaban J connectivity index is 1.18. The van der Waals surface area contributed by atoms with Crippen LogP contribution in [0, 0.1) is 55.4 Å². The first kappa shape index (κ1) is 40.3. The van der Waals surface area contributed by atoms with E-state index in [1.54, 1.807) is 0 Å². The van der Waals surface area contributed by atoms with Gasteiger partial charge in [-0.2, -0.15) is 0 Å². The van der Waals surface area contributed by atoms with Gasteiger partial charge < -0.3 is 10.6 Å². The van der Waals surface area contributed by atoms with E-state index in [0.717, 1.165) is 13.1 Å². The molecule has 0 radical (unpaired) electrons. The SMILES string of the molecule is Cc1cccc(C)c1P(c1ccccc1CN[C@H]1CCCC[C@@H]1NCc1ccccc1P(c1c(C)cccc1C)c1c(C)cccc1C)c1c(C)cccc1C. The smallest absolute Gasteiger partial charge is 0.0224 e. The lowest BCUT2D eigenvalue weighted by atomic mass is 9.90. The fourth-order valence-electron chi connectivity index (χ4n) is 9.20. The highest BCUT2D eigenvalue weighted by molar-refractivity contribution is 7.80. The second kappa shape index (κ2) is 18.1. The molecule has 2 nitrogen and oxygen atoms in total. The van der Waals surface area contributed by atoms with Crippen LogP contribution in [0.5, 0.6) is 0 Å². The van der Waals surface area contributed by atoms with E-state index in [0.29, 0.717) is 12.1 Å². The molecule has 1 aliphatic rings. The van der Waals surface area contributed by atoms with Gasteiger partial charge in [-0.3, -0.25) is 0 Å². The molecular formula is C52H60N2P2. The Hall–Kier alpha value is -3.90. The van der Waals surface area contributed by atoms with E-state index in [1.807, 2.05) is 0 Å². The largest absolute Gasteiger partial charge is 0.308 e. The summed E-state index contributed by atoms with van der Waals surface area (Å²) in [6.45, 7) is 20.2. The van der Waals surface area contributed by atoms with Crippen LogP contribution in [-0.2, 0) is 13.1 Å². The molecular weight excluding hydrogens is 715 g/mol. The maximum absolute atomic E-state index is 4.15. The van der Waals surface area contributed by atoms with E-state index in [2.05, 4.69) is 187 Å². The van der Waals surface area contributed by atoms with Crippen LogP contribution in [0.1, 0.15) is 81.3 Å². The van der Waals surface area contributed by atoms with Crippen molar-refractivity contribution in [2.45, 2.75) is 106 Å². The lowest BCUT2D eigenvalue weighted by Gasteiger charge is -2.34. The lowest BCUT2D eigenvalue weighted by molar-refractivity contribution is 0.281. The summed E-state index contributed by atoms with van der Waals surface area (Å²) in [6, 6.07) is 46.7. The minimum absolute atomic E-state index is 0.411. The van der Waals surface area contributed by atoms with Crippen LogP contribution in [0.2, 0.25) is 0 Å². The number of benzene rings is 6. The molecule has 0 saturated heterocycles. The van der Waals surface area contributed by atoms with Crippen LogP contribution in [-0.4, -0.2) is 12.1 Å². The van der Waals surface area contributed by atoms with Gasteiger partial charge in [0.1, 0.15) is 0 Å². The zero-order chi connectivity index (χ0) is 39.3. The molecule has 6 aromatic carbocycles. The minimum Gasteiger partial charge on any atom is -0.308 e. The fraction of sp³-hybridized carbons (Fsp3) is 0.308. The summed E-state index contributed by atoms with van der Waals surface area (Å²) >= 11 is 0. The molecule has 2 atom stereocenters. The summed E-state index contributed by atoms with van der Waals surface area (Å²) < 4.78 is 0. The molecule has 0 spiro atoms. The third kappa shape index (κ3) is 8.51. The molecule has 7 rings (SSSR count). The van der Waals surface area contributed by atoms with Gasteiger partial charge in [-0.15, -0.1) is 0 Å². The van der Waals surface area contributed by atoms with Gasteiger partial charge in [-0.1, -0.05) is 134 Å². The Morgan fingerprint density at radius 1 is 0.375 bits per heavy atom. The molecule has 0 amide bonds. The van der Waals surface area contributed by atoms with Crippen molar-refractivity contribution in [2.24, 2.45) is 0 Å². The molecule has 1 aliphatic carbocycles. The number of nitrogens with one attached hydrogen (secondary N) is 2. The molecule has 0 aliphatic heterocycles. The van der Waals surface area contributed by atoms with E-state index < -0.39 is 15.8 Å². The first-order valence-electron chi connectivity index (χ1n) is 20.6. The highest BCUT2D eigenvalue weighted by Crippen LogP contribution is 2.40. The zero-order valence-corrected chi connectivity index (χ0v) is 36.6. The van der Waals surface area contributed by atoms with Crippen molar-refractivity contribution in [3.05, 3.63) is 177 Å². The molecule has 0 heterocycles.